The molecule has 0 amide bonds. The van der Waals surface area contributed by atoms with Crippen LogP contribution in [0.3, 0.4) is 0 Å². The lowest BCUT2D eigenvalue weighted by atomic mass is 9.88. The van der Waals surface area contributed by atoms with E-state index in [9.17, 15) is 4.79 Å². The topological polar surface area (TPSA) is 23.6 Å². The molecule has 1 saturated heterocycles. The highest BCUT2D eigenvalue weighted by Crippen LogP contribution is 2.35. The van der Waals surface area contributed by atoms with Gasteiger partial charge in [-0.15, -0.1) is 11.3 Å². The first-order valence-electron chi connectivity index (χ1n) is 11.5. The molecule has 31 heavy (non-hydrogen) atoms. The molecular weight excluding hydrogens is 400 g/mol. The van der Waals surface area contributed by atoms with E-state index in [2.05, 4.69) is 82.6 Å². The number of hydrogen-bond donors (Lipinski definition) is 0. The second-order valence-electron chi connectivity index (χ2n) is 8.56. The Labute approximate surface area is 190 Å². The monoisotopic (exact) mass is 432 g/mol. The van der Waals surface area contributed by atoms with Crippen LogP contribution < -0.4 is 0 Å². The average Bonchev–Trinajstić information content (AvgIpc) is 3.24. The first-order chi connectivity index (χ1) is 15.3. The summed E-state index contributed by atoms with van der Waals surface area (Å²) >= 11 is 1.73. The molecular formula is C27H32N2OS. The van der Waals surface area contributed by atoms with Crippen LogP contribution in [0, 0.1) is 5.92 Å². The Morgan fingerprint density at radius 3 is 2.45 bits per heavy atom. The van der Waals surface area contributed by atoms with Gasteiger partial charge in [0.1, 0.15) is 5.94 Å². The first-order valence-corrected chi connectivity index (χ1v) is 12.4. The van der Waals surface area contributed by atoms with Gasteiger partial charge in [0.15, 0.2) is 0 Å². The maximum absolute atomic E-state index is 12.2. The zero-order valence-corrected chi connectivity index (χ0v) is 19.2. The summed E-state index contributed by atoms with van der Waals surface area (Å²) in [6.45, 7) is 8.48. The number of benzene rings is 2. The van der Waals surface area contributed by atoms with E-state index < -0.39 is 0 Å². The van der Waals surface area contributed by atoms with E-state index in [1.165, 1.54) is 15.6 Å². The summed E-state index contributed by atoms with van der Waals surface area (Å²) in [5.41, 5.74) is 3.35. The van der Waals surface area contributed by atoms with Crippen LogP contribution >= 0.6 is 11.3 Å². The van der Waals surface area contributed by atoms with E-state index in [4.69, 9.17) is 0 Å². The fourth-order valence-corrected chi connectivity index (χ4v) is 5.57. The number of thiophene rings is 1. The van der Waals surface area contributed by atoms with E-state index in [0.29, 0.717) is 0 Å². The first kappa shape index (κ1) is 22.0. The lowest BCUT2D eigenvalue weighted by Crippen LogP contribution is -2.47. The molecule has 0 N–H and O–H groups in total. The molecule has 0 aliphatic carbocycles. The van der Waals surface area contributed by atoms with Gasteiger partial charge in [0.25, 0.3) is 0 Å². The third kappa shape index (κ3) is 5.53. The zero-order valence-electron chi connectivity index (χ0n) is 18.4. The van der Waals surface area contributed by atoms with Gasteiger partial charge in [0.2, 0.25) is 0 Å². The van der Waals surface area contributed by atoms with Gasteiger partial charge in [-0.05, 0) is 18.1 Å². The third-order valence-electron chi connectivity index (χ3n) is 6.39. The van der Waals surface area contributed by atoms with Gasteiger partial charge in [-0.25, -0.2) is 4.79 Å². The van der Waals surface area contributed by atoms with Crippen LogP contribution in [0.1, 0.15) is 37.3 Å². The normalized spacial score (nSPS) is 16.3. The lowest BCUT2D eigenvalue weighted by molar-refractivity contribution is 0.118. The van der Waals surface area contributed by atoms with E-state index in [-0.39, 0.29) is 5.92 Å². The number of hydrogen-bond acceptors (Lipinski definition) is 4. The minimum absolute atomic E-state index is 0.246. The van der Waals surface area contributed by atoms with Crippen LogP contribution in [0.2, 0.25) is 0 Å². The molecule has 0 spiro atoms. The molecule has 2 heterocycles. The highest BCUT2D eigenvalue weighted by molar-refractivity contribution is 7.17. The fourth-order valence-electron chi connectivity index (χ4n) is 4.61. The van der Waals surface area contributed by atoms with Crippen LogP contribution in [-0.2, 0) is 11.3 Å². The minimum atomic E-state index is 0.246. The predicted octanol–water partition coefficient (Wildman–Crippen LogP) is 5.74. The summed E-state index contributed by atoms with van der Waals surface area (Å²) in [7, 11) is 0. The molecule has 4 heteroatoms. The van der Waals surface area contributed by atoms with Crippen LogP contribution in [0.5, 0.6) is 0 Å². The summed E-state index contributed by atoms with van der Waals surface area (Å²) in [5.74, 6) is 2.62. The molecule has 1 aliphatic rings. The number of piperazine rings is 1. The highest BCUT2D eigenvalue weighted by atomic mass is 32.1. The van der Waals surface area contributed by atoms with E-state index in [0.717, 1.165) is 69.7 Å². The third-order valence-corrected chi connectivity index (χ3v) is 7.35. The molecule has 0 radical (unpaired) electrons. The molecule has 1 aliphatic heterocycles. The molecule has 0 saturated carbocycles. The van der Waals surface area contributed by atoms with Crippen molar-refractivity contribution in [2.75, 3.05) is 32.7 Å². The number of nitrogens with zero attached hydrogens (tertiary/aromatic N) is 2. The van der Waals surface area contributed by atoms with Crippen molar-refractivity contribution in [3.63, 3.8) is 0 Å². The minimum Gasteiger partial charge on any atom is -0.300 e. The molecule has 3 nitrogen and oxygen atoms in total. The van der Waals surface area contributed by atoms with E-state index in [1.807, 2.05) is 0 Å². The quantitative estimate of drug-likeness (QED) is 0.403. The smallest absolute Gasteiger partial charge is 0.128 e. The maximum Gasteiger partial charge on any atom is 0.128 e. The van der Waals surface area contributed by atoms with Gasteiger partial charge in [0, 0.05) is 71.8 Å². The SMILES string of the molecule is CCCCC(CN1CCN(Cc2ccccc2)CC1)C(=C=O)c1csc2ccccc12. The summed E-state index contributed by atoms with van der Waals surface area (Å²) in [4.78, 5) is 17.3. The van der Waals surface area contributed by atoms with Crippen LogP contribution in [-0.4, -0.2) is 48.5 Å². The Morgan fingerprint density at radius 2 is 1.71 bits per heavy atom. The number of fused-ring (bicyclic) bond motifs is 1. The van der Waals surface area contributed by atoms with Crippen molar-refractivity contribution < 1.29 is 4.79 Å². The van der Waals surface area contributed by atoms with Crippen LogP contribution in [0.4, 0.5) is 0 Å². The van der Waals surface area contributed by atoms with E-state index in [1.54, 1.807) is 11.3 Å². The number of carbonyl (C=O) groups excluding carboxylic acids is 1. The van der Waals surface area contributed by atoms with Crippen molar-refractivity contribution in [1.29, 1.82) is 0 Å². The molecule has 1 fully saturated rings. The summed E-state index contributed by atoms with van der Waals surface area (Å²) in [5, 5.41) is 3.35. The van der Waals surface area contributed by atoms with Crippen molar-refractivity contribution >= 4 is 32.9 Å². The lowest BCUT2D eigenvalue weighted by Gasteiger charge is -2.36. The van der Waals surface area contributed by atoms with Gasteiger partial charge < -0.3 is 4.90 Å². The maximum atomic E-state index is 12.2. The van der Waals surface area contributed by atoms with E-state index >= 15 is 0 Å². The van der Waals surface area contributed by atoms with Crippen LogP contribution in [0.15, 0.2) is 60.0 Å². The van der Waals surface area contributed by atoms with Crippen molar-refractivity contribution in [3.05, 3.63) is 71.1 Å². The molecule has 162 valence electrons. The predicted molar refractivity (Wildman–Crippen MR) is 132 cm³/mol. The van der Waals surface area contributed by atoms with Crippen molar-refractivity contribution in [2.45, 2.75) is 32.7 Å². The van der Waals surface area contributed by atoms with Gasteiger partial charge in [-0.1, -0.05) is 68.3 Å². The highest BCUT2D eigenvalue weighted by Gasteiger charge is 2.25. The average molecular weight is 433 g/mol. The summed E-state index contributed by atoms with van der Waals surface area (Å²) in [6, 6.07) is 19.1. The van der Waals surface area contributed by atoms with Gasteiger partial charge in [-0.2, -0.15) is 0 Å². The Balaban J connectivity index is 1.43. The molecule has 3 aromatic rings. The number of unbranched alkanes of at least 4 members (excludes halogenated alkanes) is 1. The largest absolute Gasteiger partial charge is 0.300 e. The second-order valence-corrected chi connectivity index (χ2v) is 9.47. The van der Waals surface area contributed by atoms with Crippen molar-refractivity contribution in [3.8, 4) is 0 Å². The van der Waals surface area contributed by atoms with Gasteiger partial charge in [-0.3, -0.25) is 4.90 Å². The Morgan fingerprint density at radius 1 is 1.00 bits per heavy atom. The molecule has 2 aromatic carbocycles. The Hall–Kier alpha value is -2.23. The van der Waals surface area contributed by atoms with Crippen molar-refractivity contribution in [2.24, 2.45) is 5.92 Å². The molecule has 1 atom stereocenters. The van der Waals surface area contributed by atoms with Gasteiger partial charge in [0.05, 0.1) is 0 Å². The Bertz CT molecular complexity index is 1010. The molecule has 0 bridgehead atoms. The summed E-state index contributed by atoms with van der Waals surface area (Å²) < 4.78 is 1.24. The Kier molecular flexibility index (Phi) is 7.71. The molecule has 4 rings (SSSR count). The molecule has 1 aromatic heterocycles. The van der Waals surface area contributed by atoms with Gasteiger partial charge >= 0.3 is 0 Å². The van der Waals surface area contributed by atoms with Crippen LogP contribution in [0.25, 0.3) is 15.7 Å². The van der Waals surface area contributed by atoms with Crippen molar-refractivity contribution in [1.82, 2.24) is 9.80 Å². The summed E-state index contributed by atoms with van der Waals surface area (Å²) in [6.07, 6.45) is 3.35. The zero-order chi connectivity index (χ0) is 21.5. The fraction of sp³-hybridized carbons (Fsp3) is 0.407. The number of rotatable bonds is 9. The molecule has 1 unspecified atom stereocenters. The standard InChI is InChI=1S/C27H32N2OS/c1-2-3-11-23(25(20-30)26-21-31-27-13-8-7-12-24(26)27)19-29-16-14-28(15-17-29)18-22-9-5-4-6-10-22/h4-10,12-13,21,23H,2-3,11,14-19H2,1H3. The second kappa shape index (κ2) is 10.9.